The van der Waals surface area contributed by atoms with Gasteiger partial charge in [-0.05, 0) is 24.7 Å². The molecule has 8 nitrogen and oxygen atoms in total. The summed E-state index contributed by atoms with van der Waals surface area (Å²) in [6.45, 7) is 2.45. The zero-order valence-electron chi connectivity index (χ0n) is 14.1. The van der Waals surface area contributed by atoms with Crippen LogP contribution in [0.1, 0.15) is 21.6 Å². The van der Waals surface area contributed by atoms with E-state index in [0.29, 0.717) is 24.8 Å². The van der Waals surface area contributed by atoms with Crippen LogP contribution in [0, 0.1) is 0 Å². The van der Waals surface area contributed by atoms with Crippen molar-refractivity contribution in [2.24, 2.45) is 5.73 Å². The molecule has 1 aromatic heterocycles. The summed E-state index contributed by atoms with van der Waals surface area (Å²) >= 11 is 0. The molecule has 0 saturated carbocycles. The highest BCUT2D eigenvalue weighted by molar-refractivity contribution is 5.92. The van der Waals surface area contributed by atoms with Crippen LogP contribution >= 0.6 is 0 Å². The highest BCUT2D eigenvalue weighted by Gasteiger charge is 2.26. The number of nitrogen functional groups attached to an aromatic ring is 1. The van der Waals surface area contributed by atoms with Crippen molar-refractivity contribution in [3.05, 3.63) is 47.2 Å². The number of nitrogens with zero attached hydrogens (tertiary/aromatic N) is 3. The Hall–Kier alpha value is -2.71. The molecule has 132 valence electrons. The Labute approximate surface area is 146 Å². The molecule has 1 saturated heterocycles. The molecule has 0 aliphatic carbocycles. The first-order valence-corrected chi connectivity index (χ1v) is 8.07. The fraction of sp³-hybridized carbons (Fsp3) is 0.353. The highest BCUT2D eigenvalue weighted by Crippen LogP contribution is 2.20. The molecule has 0 spiro atoms. The molecule has 2 aromatic rings. The van der Waals surface area contributed by atoms with E-state index in [4.69, 9.17) is 16.2 Å². The van der Waals surface area contributed by atoms with Gasteiger partial charge >= 0.3 is 0 Å². The maximum Gasteiger partial charge on any atom is 0.248 e. The van der Waals surface area contributed by atoms with Crippen molar-refractivity contribution in [3.63, 3.8) is 0 Å². The molecule has 1 amide bonds. The number of hydrogen-bond acceptors (Lipinski definition) is 7. The lowest BCUT2D eigenvalue weighted by molar-refractivity contribution is 0.0995. The lowest BCUT2D eigenvalue weighted by Crippen LogP contribution is -2.57. The molecular formula is C17H22N6O2. The third kappa shape index (κ3) is 4.23. The van der Waals surface area contributed by atoms with Crippen LogP contribution in [0.25, 0.3) is 0 Å². The molecule has 0 bridgehead atoms. The van der Waals surface area contributed by atoms with Crippen LogP contribution < -0.4 is 21.7 Å². The first kappa shape index (κ1) is 17.1. The molecule has 25 heavy (non-hydrogen) atoms. The van der Waals surface area contributed by atoms with Gasteiger partial charge in [0.2, 0.25) is 11.9 Å². The average molecular weight is 342 g/mol. The number of nitrogens with two attached hydrogens (primary N) is 2. The van der Waals surface area contributed by atoms with Gasteiger partial charge in [-0.2, -0.15) is 4.98 Å². The minimum atomic E-state index is -0.454. The van der Waals surface area contributed by atoms with Crippen molar-refractivity contribution in [1.29, 1.82) is 0 Å². The van der Waals surface area contributed by atoms with E-state index in [1.807, 2.05) is 19.2 Å². The van der Waals surface area contributed by atoms with Gasteiger partial charge in [0.25, 0.3) is 0 Å². The zero-order valence-corrected chi connectivity index (χ0v) is 14.1. The minimum absolute atomic E-state index is 0.236. The van der Waals surface area contributed by atoms with E-state index >= 15 is 0 Å². The number of carbonyl (C=O) groups is 1. The Kier molecular flexibility index (Phi) is 5.11. The number of benzene rings is 1. The quantitative estimate of drug-likeness (QED) is 0.661. The van der Waals surface area contributed by atoms with E-state index in [1.165, 1.54) is 0 Å². The Morgan fingerprint density at radius 1 is 1.32 bits per heavy atom. The van der Waals surface area contributed by atoms with Crippen LogP contribution in [0.15, 0.2) is 30.3 Å². The predicted molar refractivity (Wildman–Crippen MR) is 95.0 cm³/mol. The second kappa shape index (κ2) is 7.45. The summed E-state index contributed by atoms with van der Waals surface area (Å²) in [5.41, 5.74) is 13.2. The highest BCUT2D eigenvalue weighted by atomic mass is 16.5. The lowest BCUT2D eigenvalue weighted by atomic mass is 10.1. The van der Waals surface area contributed by atoms with Gasteiger partial charge in [0.1, 0.15) is 5.82 Å². The molecule has 3 rings (SSSR count). The van der Waals surface area contributed by atoms with Crippen LogP contribution in [0.4, 0.5) is 11.8 Å². The number of nitrogens with one attached hydrogen (secondary N) is 1. The first-order chi connectivity index (χ1) is 12.0. The SMILES string of the molecule is CNC1CN(c2cc(COCc3cccc(C(N)=O)c3)nc(N)n2)C1. The smallest absolute Gasteiger partial charge is 0.248 e. The monoisotopic (exact) mass is 342 g/mol. The van der Waals surface area contributed by atoms with Gasteiger partial charge in [-0.15, -0.1) is 0 Å². The fourth-order valence-corrected chi connectivity index (χ4v) is 2.68. The molecule has 1 fully saturated rings. The number of aromatic nitrogens is 2. The number of ether oxygens (including phenoxy) is 1. The second-order valence-electron chi connectivity index (χ2n) is 6.02. The van der Waals surface area contributed by atoms with Crippen LogP contribution in [0.3, 0.4) is 0 Å². The molecule has 1 aliphatic heterocycles. The maximum atomic E-state index is 11.2. The summed E-state index contributed by atoms with van der Waals surface area (Å²) in [7, 11) is 1.95. The Morgan fingerprint density at radius 2 is 2.12 bits per heavy atom. The zero-order chi connectivity index (χ0) is 17.8. The lowest BCUT2D eigenvalue weighted by Gasteiger charge is -2.40. The van der Waals surface area contributed by atoms with E-state index in [1.54, 1.807) is 18.2 Å². The van der Waals surface area contributed by atoms with Crippen molar-refractivity contribution in [2.45, 2.75) is 19.3 Å². The number of primary amides is 1. The van der Waals surface area contributed by atoms with Crippen LogP contribution in [0.5, 0.6) is 0 Å². The number of hydrogen-bond donors (Lipinski definition) is 3. The van der Waals surface area contributed by atoms with E-state index < -0.39 is 5.91 Å². The van der Waals surface area contributed by atoms with Gasteiger partial charge in [-0.1, -0.05) is 12.1 Å². The second-order valence-corrected chi connectivity index (χ2v) is 6.02. The number of rotatable bonds is 7. The Bertz CT molecular complexity index is 761. The molecule has 1 aliphatic rings. The molecule has 2 heterocycles. The summed E-state index contributed by atoms with van der Waals surface area (Å²) in [6, 6.07) is 9.43. The van der Waals surface area contributed by atoms with Crippen LogP contribution in [0.2, 0.25) is 0 Å². The Balaban J connectivity index is 1.59. The van der Waals surface area contributed by atoms with E-state index in [2.05, 4.69) is 20.2 Å². The first-order valence-electron chi connectivity index (χ1n) is 8.07. The standard InChI is InChI=1S/C17H22N6O2/c1-20-14-7-23(8-14)15-6-13(21-17(19)22-15)10-25-9-11-3-2-4-12(5-11)16(18)24/h2-6,14,20H,7-10H2,1H3,(H2,18,24)(H2,19,21,22). The van der Waals surface area contributed by atoms with Gasteiger partial charge in [-0.25, -0.2) is 4.98 Å². The summed E-state index contributed by atoms with van der Waals surface area (Å²) in [6.07, 6.45) is 0. The normalized spacial score (nSPS) is 14.4. The van der Waals surface area contributed by atoms with Gasteiger partial charge in [0.05, 0.1) is 18.9 Å². The summed E-state index contributed by atoms with van der Waals surface area (Å²) in [5.74, 6) is 0.595. The van der Waals surface area contributed by atoms with Crippen LogP contribution in [-0.2, 0) is 18.0 Å². The van der Waals surface area contributed by atoms with Gasteiger partial charge in [0.15, 0.2) is 0 Å². The topological polar surface area (TPSA) is 119 Å². The third-order valence-electron chi connectivity index (χ3n) is 4.13. The summed E-state index contributed by atoms with van der Waals surface area (Å²) in [4.78, 5) is 21.8. The van der Waals surface area contributed by atoms with Crippen molar-refractivity contribution < 1.29 is 9.53 Å². The van der Waals surface area contributed by atoms with Gasteiger partial charge in [0, 0.05) is 30.8 Å². The van der Waals surface area contributed by atoms with E-state index in [-0.39, 0.29) is 5.95 Å². The van der Waals surface area contributed by atoms with Crippen molar-refractivity contribution in [2.75, 3.05) is 30.8 Å². The molecular weight excluding hydrogens is 320 g/mol. The molecule has 5 N–H and O–H groups in total. The third-order valence-corrected chi connectivity index (χ3v) is 4.13. The van der Waals surface area contributed by atoms with Crippen molar-refractivity contribution in [3.8, 4) is 0 Å². The van der Waals surface area contributed by atoms with Gasteiger partial charge in [-0.3, -0.25) is 4.79 Å². The van der Waals surface area contributed by atoms with Crippen molar-refractivity contribution >= 4 is 17.7 Å². The number of carbonyl (C=O) groups excluding carboxylic acids is 1. The summed E-state index contributed by atoms with van der Waals surface area (Å²) in [5, 5.41) is 3.22. The molecule has 0 atom stereocenters. The van der Waals surface area contributed by atoms with Gasteiger partial charge < -0.3 is 26.4 Å². The maximum absolute atomic E-state index is 11.2. The van der Waals surface area contributed by atoms with Crippen molar-refractivity contribution in [1.82, 2.24) is 15.3 Å². The number of likely N-dealkylation sites (N-methyl/N-ethyl adjacent to an activating group) is 1. The summed E-state index contributed by atoms with van der Waals surface area (Å²) < 4.78 is 5.70. The Morgan fingerprint density at radius 3 is 2.84 bits per heavy atom. The largest absolute Gasteiger partial charge is 0.370 e. The molecule has 0 radical (unpaired) electrons. The fourth-order valence-electron chi connectivity index (χ4n) is 2.68. The molecule has 8 heteroatoms. The minimum Gasteiger partial charge on any atom is -0.370 e. The number of anilines is 2. The molecule has 1 aromatic carbocycles. The van der Waals surface area contributed by atoms with E-state index in [0.717, 1.165) is 30.2 Å². The predicted octanol–water partition coefficient (Wildman–Crippen LogP) is 0.283. The van der Waals surface area contributed by atoms with Crippen LogP contribution in [-0.4, -0.2) is 42.1 Å². The molecule has 0 unspecified atom stereocenters. The average Bonchev–Trinajstić information content (AvgIpc) is 2.54. The number of amides is 1. The van der Waals surface area contributed by atoms with E-state index in [9.17, 15) is 4.79 Å².